The van der Waals surface area contributed by atoms with Gasteiger partial charge in [0.25, 0.3) is 0 Å². The zero-order chi connectivity index (χ0) is 13.5. The van der Waals surface area contributed by atoms with Crippen molar-refractivity contribution >= 4 is 6.03 Å². The molecule has 0 bridgehead atoms. The van der Waals surface area contributed by atoms with Crippen molar-refractivity contribution in [3.8, 4) is 0 Å². The number of urea groups is 1. The smallest absolute Gasteiger partial charge is 0.315 e. The highest BCUT2D eigenvalue weighted by molar-refractivity contribution is 5.74. The second kappa shape index (κ2) is 7.09. The van der Waals surface area contributed by atoms with Gasteiger partial charge >= 0.3 is 6.03 Å². The van der Waals surface area contributed by atoms with Crippen LogP contribution in [0, 0.1) is 0 Å². The number of piperidine rings is 1. The molecule has 2 N–H and O–H groups in total. The van der Waals surface area contributed by atoms with Crippen molar-refractivity contribution in [2.24, 2.45) is 0 Å². The van der Waals surface area contributed by atoms with E-state index in [4.69, 9.17) is 0 Å². The Balaban J connectivity index is 1.62. The molecule has 2 amide bonds. The van der Waals surface area contributed by atoms with Crippen molar-refractivity contribution in [3.05, 3.63) is 30.1 Å². The lowest BCUT2D eigenvalue weighted by Crippen LogP contribution is -2.47. The van der Waals surface area contributed by atoms with Crippen LogP contribution in [0.15, 0.2) is 24.4 Å². The number of nitrogens with zero attached hydrogens (tertiary/aromatic N) is 2. The highest BCUT2D eigenvalue weighted by Gasteiger charge is 2.17. The third-order valence-electron chi connectivity index (χ3n) is 3.45. The summed E-state index contributed by atoms with van der Waals surface area (Å²) in [4.78, 5) is 18.2. The lowest BCUT2D eigenvalue weighted by atomic mass is 10.1. The molecule has 0 unspecified atom stereocenters. The summed E-state index contributed by atoms with van der Waals surface area (Å²) < 4.78 is 0. The molecule has 0 radical (unpaired) electrons. The number of nitrogens with one attached hydrogen (secondary N) is 2. The van der Waals surface area contributed by atoms with Gasteiger partial charge in [0, 0.05) is 30.9 Å². The van der Waals surface area contributed by atoms with Crippen LogP contribution in [-0.4, -0.2) is 48.6 Å². The quantitative estimate of drug-likeness (QED) is 0.851. The molecule has 0 spiro atoms. The molecule has 1 saturated heterocycles. The topological polar surface area (TPSA) is 57.3 Å². The number of hydrogen-bond acceptors (Lipinski definition) is 3. The number of likely N-dealkylation sites (tertiary alicyclic amines) is 1. The Morgan fingerprint density at radius 2 is 2.21 bits per heavy atom. The van der Waals surface area contributed by atoms with Gasteiger partial charge in [0.1, 0.15) is 0 Å². The van der Waals surface area contributed by atoms with Crippen molar-refractivity contribution in [2.75, 3.05) is 26.7 Å². The minimum Gasteiger partial charge on any atom is -0.338 e. The summed E-state index contributed by atoms with van der Waals surface area (Å²) in [6, 6.07) is 6.07. The zero-order valence-electron chi connectivity index (χ0n) is 11.4. The molecule has 2 heterocycles. The molecule has 0 aliphatic carbocycles. The lowest BCUT2D eigenvalue weighted by molar-refractivity contribution is 0.214. The van der Waals surface area contributed by atoms with Crippen LogP contribution in [0.1, 0.15) is 18.5 Å². The minimum absolute atomic E-state index is 0.0644. The van der Waals surface area contributed by atoms with Crippen LogP contribution in [0.4, 0.5) is 4.79 Å². The largest absolute Gasteiger partial charge is 0.338 e. The number of hydrogen-bond donors (Lipinski definition) is 2. The lowest BCUT2D eigenvalue weighted by Gasteiger charge is -2.29. The van der Waals surface area contributed by atoms with Crippen molar-refractivity contribution in [1.29, 1.82) is 0 Å². The SMILES string of the molecule is CN1CCC(NC(=O)NCCc2ccccn2)CC1. The third-order valence-corrected chi connectivity index (χ3v) is 3.45. The van der Waals surface area contributed by atoms with E-state index in [-0.39, 0.29) is 6.03 Å². The molecule has 1 aliphatic heterocycles. The second-order valence-electron chi connectivity index (χ2n) is 5.05. The van der Waals surface area contributed by atoms with E-state index in [2.05, 4.69) is 27.6 Å². The predicted molar refractivity (Wildman–Crippen MR) is 75.0 cm³/mol. The number of amides is 2. The zero-order valence-corrected chi connectivity index (χ0v) is 11.4. The normalized spacial score (nSPS) is 17.1. The molecule has 1 aromatic rings. The molecule has 1 fully saturated rings. The second-order valence-corrected chi connectivity index (χ2v) is 5.05. The monoisotopic (exact) mass is 262 g/mol. The van der Waals surface area contributed by atoms with E-state index < -0.39 is 0 Å². The molecule has 0 aromatic carbocycles. The van der Waals surface area contributed by atoms with E-state index in [9.17, 15) is 4.79 Å². The fraction of sp³-hybridized carbons (Fsp3) is 0.571. The molecular weight excluding hydrogens is 240 g/mol. The number of aromatic nitrogens is 1. The number of pyridine rings is 1. The Bertz CT molecular complexity index is 388. The first-order chi connectivity index (χ1) is 9.24. The van der Waals surface area contributed by atoms with Crippen molar-refractivity contribution in [3.63, 3.8) is 0 Å². The van der Waals surface area contributed by atoms with Gasteiger partial charge in [-0.15, -0.1) is 0 Å². The van der Waals surface area contributed by atoms with Crippen LogP contribution in [-0.2, 0) is 6.42 Å². The average Bonchev–Trinajstić information content (AvgIpc) is 2.43. The Morgan fingerprint density at radius 3 is 2.89 bits per heavy atom. The molecule has 2 rings (SSSR count). The summed E-state index contributed by atoms with van der Waals surface area (Å²) in [5.74, 6) is 0. The first kappa shape index (κ1) is 13.8. The molecule has 1 aromatic heterocycles. The summed E-state index contributed by atoms with van der Waals surface area (Å²) in [6.07, 6.45) is 4.60. The fourth-order valence-electron chi connectivity index (χ4n) is 2.24. The number of rotatable bonds is 4. The Kier molecular flexibility index (Phi) is 5.15. The van der Waals surface area contributed by atoms with Crippen LogP contribution in [0.3, 0.4) is 0 Å². The molecule has 1 aliphatic rings. The molecule has 5 heteroatoms. The average molecular weight is 262 g/mol. The molecule has 104 valence electrons. The van der Waals surface area contributed by atoms with Gasteiger partial charge in [-0.3, -0.25) is 4.98 Å². The predicted octanol–water partition coefficient (Wildman–Crippen LogP) is 1.02. The van der Waals surface area contributed by atoms with E-state index in [1.165, 1.54) is 0 Å². The van der Waals surface area contributed by atoms with Crippen molar-refractivity contribution in [2.45, 2.75) is 25.3 Å². The van der Waals surface area contributed by atoms with E-state index in [1.807, 2.05) is 18.2 Å². The van der Waals surface area contributed by atoms with Crippen LogP contribution < -0.4 is 10.6 Å². The maximum atomic E-state index is 11.7. The molecule has 5 nitrogen and oxygen atoms in total. The summed E-state index contributed by atoms with van der Waals surface area (Å²) >= 11 is 0. The van der Waals surface area contributed by atoms with Crippen LogP contribution in [0.2, 0.25) is 0 Å². The van der Waals surface area contributed by atoms with E-state index in [1.54, 1.807) is 6.20 Å². The van der Waals surface area contributed by atoms with E-state index in [0.29, 0.717) is 12.6 Å². The van der Waals surface area contributed by atoms with Gasteiger partial charge in [0.2, 0.25) is 0 Å². The maximum Gasteiger partial charge on any atom is 0.315 e. The summed E-state index contributed by atoms with van der Waals surface area (Å²) in [5, 5.41) is 5.91. The highest BCUT2D eigenvalue weighted by Crippen LogP contribution is 2.07. The molecule has 0 saturated carbocycles. The van der Waals surface area contributed by atoms with Crippen molar-refractivity contribution in [1.82, 2.24) is 20.5 Å². The minimum atomic E-state index is -0.0644. The fourth-order valence-corrected chi connectivity index (χ4v) is 2.24. The van der Waals surface area contributed by atoms with Gasteiger partial charge in [-0.2, -0.15) is 0 Å². The van der Waals surface area contributed by atoms with Gasteiger partial charge in [-0.1, -0.05) is 6.07 Å². The van der Waals surface area contributed by atoms with Gasteiger partial charge in [0.15, 0.2) is 0 Å². The maximum absolute atomic E-state index is 11.7. The summed E-state index contributed by atoms with van der Waals surface area (Å²) in [7, 11) is 2.11. The van der Waals surface area contributed by atoms with Gasteiger partial charge in [0.05, 0.1) is 0 Å². The highest BCUT2D eigenvalue weighted by atomic mass is 16.2. The van der Waals surface area contributed by atoms with Crippen molar-refractivity contribution < 1.29 is 4.79 Å². The third kappa shape index (κ3) is 4.87. The van der Waals surface area contributed by atoms with E-state index in [0.717, 1.165) is 38.0 Å². The van der Waals surface area contributed by atoms with Gasteiger partial charge in [-0.05, 0) is 45.1 Å². The Labute approximate surface area is 114 Å². The summed E-state index contributed by atoms with van der Waals surface area (Å²) in [6.45, 7) is 2.73. The molecular formula is C14H22N4O. The first-order valence-electron chi connectivity index (χ1n) is 6.87. The number of carbonyl (C=O) groups excluding carboxylic acids is 1. The van der Waals surface area contributed by atoms with Gasteiger partial charge in [-0.25, -0.2) is 4.79 Å². The van der Waals surface area contributed by atoms with Crippen LogP contribution in [0.5, 0.6) is 0 Å². The van der Waals surface area contributed by atoms with Gasteiger partial charge < -0.3 is 15.5 Å². The van der Waals surface area contributed by atoms with Crippen LogP contribution in [0.25, 0.3) is 0 Å². The number of carbonyl (C=O) groups is 1. The summed E-state index contributed by atoms with van der Waals surface area (Å²) in [5.41, 5.74) is 1.00. The molecule has 0 atom stereocenters. The Hall–Kier alpha value is -1.62. The van der Waals surface area contributed by atoms with E-state index >= 15 is 0 Å². The first-order valence-corrected chi connectivity index (χ1v) is 6.87. The standard InChI is InChI=1S/C14H22N4O/c1-18-10-6-13(7-11-18)17-14(19)16-9-5-12-4-2-3-8-15-12/h2-4,8,13H,5-7,9-11H2,1H3,(H2,16,17,19). The Morgan fingerprint density at radius 1 is 1.42 bits per heavy atom. The molecule has 19 heavy (non-hydrogen) atoms. The van der Waals surface area contributed by atoms with Crippen LogP contribution >= 0.6 is 0 Å².